The zero-order chi connectivity index (χ0) is 23.7. The Morgan fingerprint density at radius 3 is 2.50 bits per heavy atom. The molecule has 10 heteroatoms. The fourth-order valence-electron chi connectivity index (χ4n) is 4.38. The molecule has 3 aromatic rings. The van der Waals surface area contributed by atoms with Gasteiger partial charge in [-0.25, -0.2) is 18.9 Å². The van der Waals surface area contributed by atoms with Crippen LogP contribution in [0.3, 0.4) is 0 Å². The average Bonchev–Trinajstić information content (AvgIpc) is 3.57. The van der Waals surface area contributed by atoms with E-state index in [4.69, 9.17) is 9.72 Å². The van der Waals surface area contributed by atoms with Crippen LogP contribution in [0, 0.1) is 23.7 Å². The Morgan fingerprint density at radius 2 is 1.85 bits per heavy atom. The van der Waals surface area contributed by atoms with Crippen molar-refractivity contribution in [1.82, 2.24) is 18.9 Å². The Bertz CT molecular complexity index is 1260. The van der Waals surface area contributed by atoms with Crippen LogP contribution in [0.2, 0.25) is 0 Å². The van der Waals surface area contributed by atoms with Gasteiger partial charge in [0.15, 0.2) is 29.8 Å². The fraction of sp³-hybridized carbons (Fsp3) is 0.333. The maximum atomic E-state index is 13.6. The first-order chi connectivity index (χ1) is 16.6. The third kappa shape index (κ3) is 4.24. The summed E-state index contributed by atoms with van der Waals surface area (Å²) in [6.07, 6.45) is 1.62. The molecule has 4 heterocycles. The highest BCUT2D eigenvalue weighted by molar-refractivity contribution is 7.92. The third-order valence-corrected chi connectivity index (χ3v) is 6.50. The van der Waals surface area contributed by atoms with Gasteiger partial charge in [0.1, 0.15) is 5.69 Å². The summed E-state index contributed by atoms with van der Waals surface area (Å²) in [6.45, 7) is 6.97. The maximum Gasteiger partial charge on any atom is 0.209 e. The summed E-state index contributed by atoms with van der Waals surface area (Å²) in [7, 11) is 3.78. The van der Waals surface area contributed by atoms with Crippen molar-refractivity contribution in [3.63, 3.8) is 0 Å². The molecule has 8 nitrogen and oxygen atoms in total. The van der Waals surface area contributed by atoms with Crippen molar-refractivity contribution in [2.45, 2.75) is 0 Å². The number of ether oxygens (including phenoxy) is 1. The molecular weight excluding hydrogens is 453 g/mol. The molecule has 1 aromatic carbocycles. The van der Waals surface area contributed by atoms with E-state index < -0.39 is 0 Å². The molecule has 0 N–H and O–H groups in total. The van der Waals surface area contributed by atoms with E-state index in [2.05, 4.69) is 38.4 Å². The van der Waals surface area contributed by atoms with E-state index in [0.29, 0.717) is 40.7 Å². The number of fused-ring (bicyclic) bond motifs is 1. The molecule has 0 aliphatic carbocycles. The highest BCUT2D eigenvalue weighted by Crippen LogP contribution is 2.39. The standard InChI is InChI=1S/C24H24FN7OS/c1-26-22-23(30(2)3)28-20(29-24(22)31-11-17-14-33-15-18(17)12-31)9-10-21-27-19(13-32(21)34-25)16-7-5-4-6-8-16/h4-8,13,17-18H,1,11-12,14-15H2,2-3H3/t17-,18+. The van der Waals surface area contributed by atoms with Gasteiger partial charge in [0.05, 0.1) is 18.9 Å². The van der Waals surface area contributed by atoms with E-state index in [1.807, 2.05) is 49.3 Å². The Hall–Kier alpha value is -3.42. The zero-order valence-corrected chi connectivity index (χ0v) is 19.8. The van der Waals surface area contributed by atoms with Gasteiger partial charge < -0.3 is 14.5 Å². The number of halogens is 1. The molecule has 2 aromatic heterocycles. The number of anilines is 2. The minimum atomic E-state index is 0.0524. The average molecular weight is 478 g/mol. The monoisotopic (exact) mass is 477 g/mol. The van der Waals surface area contributed by atoms with Crippen molar-refractivity contribution in [3.8, 4) is 23.1 Å². The molecule has 5 rings (SSSR count). The third-order valence-electron chi connectivity index (χ3n) is 6.07. The summed E-state index contributed by atoms with van der Waals surface area (Å²) in [5.41, 5.74) is 2.16. The molecule has 0 spiro atoms. The van der Waals surface area contributed by atoms with Crippen LogP contribution in [0.15, 0.2) is 41.5 Å². The van der Waals surface area contributed by atoms with Crippen molar-refractivity contribution >= 4 is 36.4 Å². The predicted molar refractivity (Wildman–Crippen MR) is 133 cm³/mol. The number of aliphatic imine (C=N–C) groups is 1. The van der Waals surface area contributed by atoms with Crippen LogP contribution in [0.25, 0.3) is 11.3 Å². The van der Waals surface area contributed by atoms with Crippen LogP contribution >= 0.6 is 12.3 Å². The maximum absolute atomic E-state index is 13.6. The van der Waals surface area contributed by atoms with Gasteiger partial charge in [0, 0.05) is 50.8 Å². The number of nitrogens with zero attached hydrogens (tertiary/aromatic N) is 7. The van der Waals surface area contributed by atoms with E-state index in [1.54, 1.807) is 6.20 Å². The quantitative estimate of drug-likeness (QED) is 0.411. The van der Waals surface area contributed by atoms with E-state index >= 15 is 0 Å². The largest absolute Gasteiger partial charge is 0.381 e. The number of imidazole rings is 1. The second-order valence-electron chi connectivity index (χ2n) is 8.52. The molecule has 0 bridgehead atoms. The lowest BCUT2D eigenvalue weighted by molar-refractivity contribution is 0.177. The Labute approximate surface area is 202 Å². The molecule has 0 saturated carbocycles. The van der Waals surface area contributed by atoms with E-state index in [9.17, 15) is 3.89 Å². The predicted octanol–water partition coefficient (Wildman–Crippen LogP) is 3.60. The number of hydrogen-bond donors (Lipinski definition) is 0. The van der Waals surface area contributed by atoms with Crippen LogP contribution < -0.4 is 9.80 Å². The first-order valence-corrected chi connectivity index (χ1v) is 11.6. The summed E-state index contributed by atoms with van der Waals surface area (Å²) in [5, 5.41) is 0. The van der Waals surface area contributed by atoms with E-state index in [0.717, 1.165) is 31.9 Å². The van der Waals surface area contributed by atoms with Crippen molar-refractivity contribution in [2.24, 2.45) is 16.8 Å². The lowest BCUT2D eigenvalue weighted by Gasteiger charge is -2.23. The van der Waals surface area contributed by atoms with Gasteiger partial charge in [-0.1, -0.05) is 30.3 Å². The van der Waals surface area contributed by atoms with Crippen LogP contribution in [0.1, 0.15) is 11.6 Å². The molecule has 2 aliphatic rings. The molecular formula is C24H24FN7OS. The van der Waals surface area contributed by atoms with Crippen LogP contribution in [-0.2, 0) is 4.74 Å². The summed E-state index contributed by atoms with van der Waals surface area (Å²) < 4.78 is 20.5. The minimum absolute atomic E-state index is 0.0524. The van der Waals surface area contributed by atoms with Crippen molar-refractivity contribution in [2.75, 3.05) is 50.2 Å². The topological polar surface area (TPSA) is 71.7 Å². The van der Waals surface area contributed by atoms with Gasteiger partial charge in [-0.2, -0.15) is 0 Å². The first-order valence-electron chi connectivity index (χ1n) is 10.9. The molecule has 0 unspecified atom stereocenters. The molecule has 34 heavy (non-hydrogen) atoms. The summed E-state index contributed by atoms with van der Waals surface area (Å²) in [4.78, 5) is 22.2. The smallest absolute Gasteiger partial charge is 0.209 e. The van der Waals surface area contributed by atoms with Gasteiger partial charge in [-0.05, 0) is 18.6 Å². The van der Waals surface area contributed by atoms with Crippen LogP contribution in [0.5, 0.6) is 0 Å². The molecule has 2 fully saturated rings. The molecule has 2 aliphatic heterocycles. The normalized spacial score (nSPS) is 19.0. The lowest BCUT2D eigenvalue weighted by atomic mass is 10.0. The molecule has 0 radical (unpaired) electrons. The Morgan fingerprint density at radius 1 is 1.12 bits per heavy atom. The highest BCUT2D eigenvalue weighted by Gasteiger charge is 2.39. The van der Waals surface area contributed by atoms with Crippen LogP contribution in [-0.4, -0.2) is 66.0 Å². The van der Waals surface area contributed by atoms with E-state index in [1.165, 1.54) is 3.97 Å². The van der Waals surface area contributed by atoms with Crippen molar-refractivity contribution in [3.05, 3.63) is 48.2 Å². The number of benzene rings is 1. The number of hydrogen-bond acceptors (Lipinski definition) is 8. The Kier molecular flexibility index (Phi) is 6.22. The second kappa shape index (κ2) is 9.44. The first kappa shape index (κ1) is 22.4. The van der Waals surface area contributed by atoms with E-state index in [-0.39, 0.29) is 18.2 Å². The fourth-order valence-corrected chi connectivity index (χ4v) is 4.67. The zero-order valence-electron chi connectivity index (χ0n) is 19.0. The lowest BCUT2D eigenvalue weighted by Crippen LogP contribution is -2.25. The molecule has 0 amide bonds. The molecule has 2 atom stereocenters. The minimum Gasteiger partial charge on any atom is -0.381 e. The van der Waals surface area contributed by atoms with Gasteiger partial charge in [0.2, 0.25) is 5.82 Å². The highest BCUT2D eigenvalue weighted by atomic mass is 32.2. The molecule has 2 saturated heterocycles. The molecule has 174 valence electrons. The number of rotatable bonds is 5. The summed E-state index contributed by atoms with van der Waals surface area (Å²) >= 11 is 0.0524. The van der Waals surface area contributed by atoms with Crippen molar-refractivity contribution in [1.29, 1.82) is 0 Å². The van der Waals surface area contributed by atoms with Gasteiger partial charge in [0.25, 0.3) is 0 Å². The van der Waals surface area contributed by atoms with Gasteiger partial charge >= 0.3 is 0 Å². The van der Waals surface area contributed by atoms with Crippen LogP contribution in [0.4, 0.5) is 21.2 Å². The summed E-state index contributed by atoms with van der Waals surface area (Å²) in [5.74, 6) is 8.83. The van der Waals surface area contributed by atoms with Gasteiger partial charge in [-0.15, -0.1) is 3.89 Å². The summed E-state index contributed by atoms with van der Waals surface area (Å²) in [6, 6.07) is 9.58. The van der Waals surface area contributed by atoms with Crippen molar-refractivity contribution < 1.29 is 8.62 Å². The second-order valence-corrected chi connectivity index (χ2v) is 9.05. The van der Waals surface area contributed by atoms with Gasteiger partial charge in [-0.3, -0.25) is 4.99 Å². The number of aromatic nitrogens is 4. The Balaban J connectivity index is 1.52. The SMILES string of the molecule is C=Nc1c(N(C)C)nc(C#Cc2nc(-c3ccccc3)cn2SF)nc1N1C[C@H]2COC[C@H]2C1.